The van der Waals surface area contributed by atoms with Gasteiger partial charge in [-0.25, -0.2) is 17.6 Å². The van der Waals surface area contributed by atoms with Crippen molar-refractivity contribution in [3.8, 4) is 0 Å². The third-order valence-electron chi connectivity index (χ3n) is 5.86. The minimum atomic E-state index is -4.00. The summed E-state index contributed by atoms with van der Waals surface area (Å²) in [6.45, 7) is 3.70. The van der Waals surface area contributed by atoms with Crippen LogP contribution in [-0.4, -0.2) is 31.8 Å². The van der Waals surface area contributed by atoms with E-state index in [2.05, 4.69) is 0 Å². The van der Waals surface area contributed by atoms with Crippen LogP contribution in [0, 0.1) is 12.7 Å². The highest BCUT2D eigenvalue weighted by atomic mass is 35.5. The van der Waals surface area contributed by atoms with Crippen LogP contribution < -0.4 is 0 Å². The Balaban J connectivity index is 1.72. The number of hydrogen-bond donors (Lipinski definition) is 0. The molecule has 188 valence electrons. The first-order valence-corrected chi connectivity index (χ1v) is 13.2. The summed E-state index contributed by atoms with van der Waals surface area (Å²) in [6, 6.07) is 17.9. The van der Waals surface area contributed by atoms with Crippen LogP contribution in [0.3, 0.4) is 0 Å². The number of carbonyl (C=O) groups excluding carboxylic acids is 1. The molecule has 1 aromatic heterocycles. The number of hydrogen-bond acceptors (Lipinski definition) is 5. The highest BCUT2D eigenvalue weighted by molar-refractivity contribution is 7.89. The number of ether oxygens (including phenoxy) is 1. The molecular weight excluding hydrogens is 505 g/mol. The van der Waals surface area contributed by atoms with Crippen LogP contribution in [0.1, 0.15) is 34.2 Å². The molecule has 6 nitrogen and oxygen atoms in total. The van der Waals surface area contributed by atoms with Crippen molar-refractivity contribution < 1.29 is 26.8 Å². The predicted molar refractivity (Wildman–Crippen MR) is 136 cm³/mol. The Morgan fingerprint density at radius 3 is 2.53 bits per heavy atom. The lowest BCUT2D eigenvalue weighted by Gasteiger charge is -2.23. The molecule has 0 radical (unpaired) electrons. The second-order valence-corrected chi connectivity index (χ2v) is 10.6. The molecule has 3 aromatic carbocycles. The summed E-state index contributed by atoms with van der Waals surface area (Å²) >= 11 is 6.23. The Labute approximate surface area is 214 Å². The zero-order valence-corrected chi connectivity index (χ0v) is 21.4. The molecule has 0 saturated carbocycles. The van der Waals surface area contributed by atoms with Crippen molar-refractivity contribution in [1.29, 1.82) is 0 Å². The number of rotatable bonds is 9. The molecule has 0 saturated heterocycles. The summed E-state index contributed by atoms with van der Waals surface area (Å²) in [6.07, 6.45) is 0.471. The number of halogens is 2. The van der Waals surface area contributed by atoms with E-state index in [4.69, 9.17) is 20.8 Å². The van der Waals surface area contributed by atoms with E-state index in [9.17, 15) is 17.6 Å². The molecule has 4 aromatic rings. The minimum Gasteiger partial charge on any atom is -0.460 e. The van der Waals surface area contributed by atoms with Gasteiger partial charge in [0, 0.05) is 29.1 Å². The maximum atomic E-state index is 13.8. The lowest BCUT2D eigenvalue weighted by Crippen LogP contribution is -2.32. The molecule has 0 amide bonds. The van der Waals surface area contributed by atoms with Gasteiger partial charge in [-0.05, 0) is 61.7 Å². The molecule has 4 rings (SSSR count). The van der Waals surface area contributed by atoms with E-state index in [0.29, 0.717) is 28.5 Å². The van der Waals surface area contributed by atoms with Crippen LogP contribution in [0.2, 0.25) is 5.02 Å². The van der Waals surface area contributed by atoms with Crippen LogP contribution in [0.25, 0.3) is 11.0 Å². The SMILES string of the molecule is CCOC(=O)c1oc2ccc(S(=O)(=O)N(CCc3ccccc3)Cc3ccc(F)cc3Cl)cc2c1C. The van der Waals surface area contributed by atoms with E-state index >= 15 is 0 Å². The second-order valence-electron chi connectivity index (χ2n) is 8.24. The molecule has 0 aliphatic carbocycles. The number of fused-ring (bicyclic) bond motifs is 1. The number of aryl methyl sites for hydroxylation is 1. The van der Waals surface area contributed by atoms with E-state index in [0.717, 1.165) is 11.6 Å². The van der Waals surface area contributed by atoms with Crippen LogP contribution in [0.5, 0.6) is 0 Å². The average Bonchev–Trinajstić information content (AvgIpc) is 3.19. The molecule has 0 unspecified atom stereocenters. The van der Waals surface area contributed by atoms with Gasteiger partial charge in [-0.15, -0.1) is 0 Å². The highest BCUT2D eigenvalue weighted by Crippen LogP contribution is 2.30. The summed E-state index contributed by atoms with van der Waals surface area (Å²) in [7, 11) is -4.00. The maximum absolute atomic E-state index is 13.8. The quantitative estimate of drug-likeness (QED) is 0.243. The van der Waals surface area contributed by atoms with Gasteiger partial charge in [-0.1, -0.05) is 48.0 Å². The van der Waals surface area contributed by atoms with E-state index in [1.807, 2.05) is 30.3 Å². The van der Waals surface area contributed by atoms with Gasteiger partial charge in [0.05, 0.1) is 11.5 Å². The van der Waals surface area contributed by atoms with Crippen molar-refractivity contribution in [3.05, 3.63) is 100 Å². The summed E-state index contributed by atoms with van der Waals surface area (Å²) in [4.78, 5) is 12.3. The maximum Gasteiger partial charge on any atom is 0.374 e. The smallest absolute Gasteiger partial charge is 0.374 e. The molecular formula is C27H25ClFNO5S. The van der Waals surface area contributed by atoms with Gasteiger partial charge >= 0.3 is 5.97 Å². The van der Waals surface area contributed by atoms with Gasteiger partial charge in [0.25, 0.3) is 0 Å². The van der Waals surface area contributed by atoms with E-state index < -0.39 is 21.8 Å². The van der Waals surface area contributed by atoms with Crippen molar-refractivity contribution in [2.75, 3.05) is 13.2 Å². The average molecular weight is 530 g/mol. The Hall–Kier alpha value is -3.20. The van der Waals surface area contributed by atoms with Gasteiger partial charge in [0.1, 0.15) is 11.4 Å². The van der Waals surface area contributed by atoms with Gasteiger partial charge in [0.2, 0.25) is 15.8 Å². The standard InChI is InChI=1S/C27H25ClFNO5S/c1-3-34-27(31)26-18(2)23-16-22(11-12-25(23)35-26)36(32,33)30(14-13-19-7-5-4-6-8-19)17-20-9-10-21(29)15-24(20)28/h4-12,15-16H,3,13-14,17H2,1-2H3. The molecule has 0 aliphatic heterocycles. The molecule has 0 atom stereocenters. The molecule has 0 fully saturated rings. The fraction of sp³-hybridized carbons (Fsp3) is 0.222. The Morgan fingerprint density at radius 1 is 1.08 bits per heavy atom. The molecule has 1 heterocycles. The molecule has 9 heteroatoms. The normalized spacial score (nSPS) is 11.8. The first-order chi connectivity index (χ1) is 17.2. The lowest BCUT2D eigenvalue weighted by atomic mass is 10.1. The van der Waals surface area contributed by atoms with Crippen molar-refractivity contribution >= 4 is 38.6 Å². The largest absolute Gasteiger partial charge is 0.460 e. The summed E-state index contributed by atoms with van der Waals surface area (Å²) < 4.78 is 53.2. The zero-order valence-electron chi connectivity index (χ0n) is 19.8. The van der Waals surface area contributed by atoms with Crippen LogP contribution in [0.4, 0.5) is 4.39 Å². The van der Waals surface area contributed by atoms with Gasteiger partial charge in [0.15, 0.2) is 0 Å². The highest BCUT2D eigenvalue weighted by Gasteiger charge is 2.27. The molecule has 36 heavy (non-hydrogen) atoms. The molecule has 0 spiro atoms. The molecule has 0 N–H and O–H groups in total. The second kappa shape index (κ2) is 10.8. The van der Waals surface area contributed by atoms with Crippen molar-refractivity contribution in [2.24, 2.45) is 0 Å². The van der Waals surface area contributed by atoms with Crippen molar-refractivity contribution in [2.45, 2.75) is 31.7 Å². The first kappa shape index (κ1) is 25.9. The fourth-order valence-electron chi connectivity index (χ4n) is 3.92. The summed E-state index contributed by atoms with van der Waals surface area (Å²) in [5.41, 5.74) is 2.34. The first-order valence-electron chi connectivity index (χ1n) is 11.4. The van der Waals surface area contributed by atoms with Crippen molar-refractivity contribution in [3.63, 3.8) is 0 Å². The number of sulfonamides is 1. The van der Waals surface area contributed by atoms with E-state index in [-0.39, 0.29) is 35.4 Å². The number of nitrogens with zero attached hydrogens (tertiary/aromatic N) is 1. The molecule has 0 bridgehead atoms. The van der Waals surface area contributed by atoms with Crippen LogP contribution in [0.15, 0.2) is 76.0 Å². The number of esters is 1. The Kier molecular flexibility index (Phi) is 7.78. The number of furan rings is 1. The monoisotopic (exact) mass is 529 g/mol. The van der Waals surface area contributed by atoms with Gasteiger partial charge < -0.3 is 9.15 Å². The zero-order chi connectivity index (χ0) is 25.9. The third-order valence-corrected chi connectivity index (χ3v) is 8.05. The van der Waals surface area contributed by atoms with E-state index in [1.165, 1.54) is 34.6 Å². The minimum absolute atomic E-state index is 0.0369. The number of benzene rings is 3. The predicted octanol–water partition coefficient (Wildman–Crippen LogP) is 6.14. The van der Waals surface area contributed by atoms with Crippen molar-refractivity contribution in [1.82, 2.24) is 4.31 Å². The fourth-order valence-corrected chi connectivity index (χ4v) is 5.60. The van der Waals surface area contributed by atoms with Gasteiger partial charge in [-0.3, -0.25) is 0 Å². The van der Waals surface area contributed by atoms with Crippen LogP contribution in [-0.2, 0) is 27.7 Å². The Bertz CT molecular complexity index is 1500. The topological polar surface area (TPSA) is 76.8 Å². The third kappa shape index (κ3) is 5.46. The lowest BCUT2D eigenvalue weighted by molar-refractivity contribution is 0.0491. The summed E-state index contributed by atoms with van der Waals surface area (Å²) in [5.74, 6) is -1.06. The van der Waals surface area contributed by atoms with Gasteiger partial charge in [-0.2, -0.15) is 4.31 Å². The Morgan fingerprint density at radius 2 is 1.83 bits per heavy atom. The molecule has 0 aliphatic rings. The van der Waals surface area contributed by atoms with Crippen LogP contribution >= 0.6 is 11.6 Å². The summed E-state index contributed by atoms with van der Waals surface area (Å²) in [5, 5.41) is 0.650. The number of carbonyl (C=O) groups is 1. The van der Waals surface area contributed by atoms with E-state index in [1.54, 1.807) is 13.8 Å².